The van der Waals surface area contributed by atoms with E-state index in [1.54, 1.807) is 36.4 Å². The van der Waals surface area contributed by atoms with Crippen LogP contribution in [-0.4, -0.2) is 12.0 Å². The third-order valence-corrected chi connectivity index (χ3v) is 5.34. The van der Waals surface area contributed by atoms with Crippen molar-refractivity contribution in [2.24, 2.45) is 0 Å². The van der Waals surface area contributed by atoms with Crippen LogP contribution in [0.2, 0.25) is 5.02 Å². The first kappa shape index (κ1) is 22.3. The smallest absolute Gasteiger partial charge is 0.270 e. The Morgan fingerprint density at radius 3 is 2.68 bits per heavy atom. The molecule has 0 spiro atoms. The normalized spacial score (nSPS) is 11.0. The maximum Gasteiger partial charge on any atom is 0.270 e. The predicted octanol–water partition coefficient (Wildman–Crippen LogP) is 6.66. The number of nitriles is 1. The Balaban J connectivity index is 1.93. The third-order valence-electron chi connectivity index (χ3n) is 4.38. The van der Waals surface area contributed by atoms with Gasteiger partial charge in [0, 0.05) is 22.7 Å². The second-order valence-electron chi connectivity index (χ2n) is 6.39. The molecule has 0 saturated heterocycles. The van der Waals surface area contributed by atoms with Gasteiger partial charge in [-0.15, -0.1) is 0 Å². The Kier molecular flexibility index (Phi) is 7.29. The average Bonchev–Trinajstić information content (AvgIpc) is 2.77. The molecule has 0 fully saturated rings. The number of ether oxygens (including phenoxy) is 2. The van der Waals surface area contributed by atoms with Gasteiger partial charge in [-0.2, -0.15) is 5.26 Å². The number of methoxy groups -OCH3 is 1. The second-order valence-corrected chi connectivity index (χ2v) is 7.65. The molecule has 0 aliphatic heterocycles. The van der Waals surface area contributed by atoms with Gasteiger partial charge in [0.25, 0.3) is 5.69 Å². The van der Waals surface area contributed by atoms with Crippen molar-refractivity contribution in [1.82, 2.24) is 0 Å². The maximum atomic E-state index is 11.0. The van der Waals surface area contributed by atoms with Crippen LogP contribution in [0.5, 0.6) is 11.5 Å². The fourth-order valence-electron chi connectivity index (χ4n) is 2.86. The molecule has 3 aromatic carbocycles. The highest BCUT2D eigenvalue weighted by molar-refractivity contribution is 9.10. The lowest BCUT2D eigenvalue weighted by Gasteiger charge is -2.14. The van der Waals surface area contributed by atoms with Crippen LogP contribution in [-0.2, 0) is 6.61 Å². The molecule has 0 aliphatic carbocycles. The molecule has 3 aromatic rings. The minimum atomic E-state index is -0.497. The monoisotopic (exact) mass is 498 g/mol. The van der Waals surface area contributed by atoms with E-state index in [1.807, 2.05) is 18.2 Å². The number of nitrogens with zero attached hydrogens (tertiary/aromatic N) is 2. The van der Waals surface area contributed by atoms with E-state index < -0.39 is 4.92 Å². The number of nitro benzene ring substituents is 1. The number of nitro groups is 1. The summed E-state index contributed by atoms with van der Waals surface area (Å²) in [7, 11) is 1.52. The number of non-ortho nitro benzene ring substituents is 1. The highest BCUT2D eigenvalue weighted by atomic mass is 79.9. The summed E-state index contributed by atoms with van der Waals surface area (Å²) in [5.41, 5.74) is 2.14. The SMILES string of the molecule is COc1cc(C=C(C#N)c2cccc([N+](=O)[O-])c2)cc(Br)c1OCc1ccccc1Cl. The van der Waals surface area contributed by atoms with Gasteiger partial charge in [-0.1, -0.05) is 41.9 Å². The van der Waals surface area contributed by atoms with E-state index in [-0.39, 0.29) is 17.9 Å². The molecule has 6 nitrogen and oxygen atoms in total. The summed E-state index contributed by atoms with van der Waals surface area (Å²) in [4.78, 5) is 10.5. The molecule has 0 amide bonds. The first-order valence-corrected chi connectivity index (χ1v) is 10.2. The van der Waals surface area contributed by atoms with E-state index in [4.69, 9.17) is 21.1 Å². The van der Waals surface area contributed by atoms with Crippen LogP contribution >= 0.6 is 27.5 Å². The Morgan fingerprint density at radius 1 is 1.23 bits per heavy atom. The van der Waals surface area contributed by atoms with E-state index in [0.29, 0.717) is 32.1 Å². The van der Waals surface area contributed by atoms with Crippen LogP contribution in [0.15, 0.2) is 65.1 Å². The summed E-state index contributed by atoms with van der Waals surface area (Å²) in [6.45, 7) is 0.251. The largest absolute Gasteiger partial charge is 0.493 e. The summed E-state index contributed by atoms with van der Waals surface area (Å²) in [5.74, 6) is 0.956. The minimum absolute atomic E-state index is 0.0827. The van der Waals surface area contributed by atoms with Crippen molar-refractivity contribution in [3.63, 3.8) is 0 Å². The quantitative estimate of drug-likeness (QED) is 0.157. The first-order chi connectivity index (χ1) is 14.9. The lowest BCUT2D eigenvalue weighted by Crippen LogP contribution is -1.99. The zero-order valence-corrected chi connectivity index (χ0v) is 18.7. The van der Waals surface area contributed by atoms with Crippen molar-refractivity contribution in [1.29, 1.82) is 5.26 Å². The molecule has 156 valence electrons. The first-order valence-electron chi connectivity index (χ1n) is 9.03. The van der Waals surface area contributed by atoms with Gasteiger partial charge in [0.15, 0.2) is 11.5 Å². The number of halogens is 2. The van der Waals surface area contributed by atoms with Crippen LogP contribution in [0, 0.1) is 21.4 Å². The summed E-state index contributed by atoms with van der Waals surface area (Å²) in [6.07, 6.45) is 1.63. The molecule has 0 saturated carbocycles. The van der Waals surface area contributed by atoms with Gasteiger partial charge in [0.1, 0.15) is 6.61 Å². The number of hydrogen-bond acceptors (Lipinski definition) is 5. The van der Waals surface area contributed by atoms with Crippen molar-refractivity contribution in [3.05, 3.63) is 97.0 Å². The lowest BCUT2D eigenvalue weighted by molar-refractivity contribution is -0.384. The topological polar surface area (TPSA) is 85.4 Å². The fourth-order valence-corrected chi connectivity index (χ4v) is 3.63. The van der Waals surface area contributed by atoms with E-state index in [9.17, 15) is 15.4 Å². The number of hydrogen-bond donors (Lipinski definition) is 0. The Morgan fingerprint density at radius 2 is 2.00 bits per heavy atom. The predicted molar refractivity (Wildman–Crippen MR) is 123 cm³/mol. The van der Waals surface area contributed by atoms with Gasteiger partial charge in [-0.25, -0.2) is 0 Å². The van der Waals surface area contributed by atoms with Crippen molar-refractivity contribution in [2.75, 3.05) is 7.11 Å². The van der Waals surface area contributed by atoms with E-state index in [0.717, 1.165) is 5.56 Å². The number of rotatable bonds is 7. The molecular formula is C23H16BrClN2O4. The molecule has 0 aromatic heterocycles. The fraction of sp³-hybridized carbons (Fsp3) is 0.0870. The molecule has 0 atom stereocenters. The summed E-state index contributed by atoms with van der Waals surface area (Å²) >= 11 is 9.68. The van der Waals surface area contributed by atoms with Crippen LogP contribution in [0.1, 0.15) is 16.7 Å². The van der Waals surface area contributed by atoms with Crippen LogP contribution in [0.25, 0.3) is 11.6 Å². The maximum absolute atomic E-state index is 11.0. The zero-order valence-electron chi connectivity index (χ0n) is 16.3. The molecule has 0 unspecified atom stereocenters. The van der Waals surface area contributed by atoms with Gasteiger partial charge < -0.3 is 9.47 Å². The Labute approximate surface area is 192 Å². The highest BCUT2D eigenvalue weighted by Crippen LogP contribution is 2.38. The molecule has 0 N–H and O–H groups in total. The van der Waals surface area contributed by atoms with Gasteiger partial charge in [-0.3, -0.25) is 10.1 Å². The van der Waals surface area contributed by atoms with Gasteiger partial charge in [-0.05, 0) is 51.3 Å². The van der Waals surface area contributed by atoms with Crippen molar-refractivity contribution in [3.8, 4) is 17.6 Å². The number of benzene rings is 3. The van der Waals surface area contributed by atoms with Crippen LogP contribution < -0.4 is 9.47 Å². The number of allylic oxidation sites excluding steroid dienone is 1. The van der Waals surface area contributed by atoms with E-state index in [1.165, 1.54) is 19.2 Å². The van der Waals surface area contributed by atoms with Crippen LogP contribution in [0.4, 0.5) is 5.69 Å². The highest BCUT2D eigenvalue weighted by Gasteiger charge is 2.14. The van der Waals surface area contributed by atoms with E-state index >= 15 is 0 Å². The average molecular weight is 500 g/mol. The summed E-state index contributed by atoms with van der Waals surface area (Å²) in [5, 5.41) is 21.2. The van der Waals surface area contributed by atoms with Gasteiger partial charge in [0.05, 0.1) is 28.1 Å². The lowest BCUT2D eigenvalue weighted by atomic mass is 10.0. The second kappa shape index (κ2) is 10.1. The molecule has 3 rings (SSSR count). The summed E-state index contributed by atoms with van der Waals surface area (Å²) < 4.78 is 12.0. The Hall–Kier alpha value is -3.34. The molecule has 31 heavy (non-hydrogen) atoms. The molecule has 0 aliphatic rings. The molecule has 0 radical (unpaired) electrons. The van der Waals surface area contributed by atoms with Crippen molar-refractivity contribution < 1.29 is 14.4 Å². The molecule has 0 heterocycles. The van der Waals surface area contributed by atoms with Crippen LogP contribution in [0.3, 0.4) is 0 Å². The van der Waals surface area contributed by atoms with Gasteiger partial charge >= 0.3 is 0 Å². The third kappa shape index (κ3) is 5.43. The Bertz CT molecular complexity index is 1200. The van der Waals surface area contributed by atoms with Crippen molar-refractivity contribution in [2.45, 2.75) is 6.61 Å². The molecule has 8 heteroatoms. The molecule has 0 bridgehead atoms. The van der Waals surface area contributed by atoms with Gasteiger partial charge in [0.2, 0.25) is 0 Å². The minimum Gasteiger partial charge on any atom is -0.493 e. The van der Waals surface area contributed by atoms with Crippen molar-refractivity contribution >= 4 is 44.9 Å². The molecular weight excluding hydrogens is 484 g/mol. The van der Waals surface area contributed by atoms with E-state index in [2.05, 4.69) is 22.0 Å². The zero-order chi connectivity index (χ0) is 22.4. The standard InChI is InChI=1S/C23H16BrClN2O4/c1-30-22-11-15(9-18(13-26)16-6-4-7-19(12-16)27(28)29)10-20(24)23(22)31-14-17-5-2-3-8-21(17)25/h2-12H,14H2,1H3. The summed E-state index contributed by atoms with van der Waals surface area (Å²) in [6, 6.07) is 18.9.